The van der Waals surface area contributed by atoms with Gasteiger partial charge in [-0.2, -0.15) is 0 Å². The van der Waals surface area contributed by atoms with E-state index >= 15 is 0 Å². The van der Waals surface area contributed by atoms with E-state index in [1.165, 1.54) is 29.0 Å². The molecule has 1 aliphatic carbocycles. The van der Waals surface area contributed by atoms with Gasteiger partial charge in [-0.3, -0.25) is 24.7 Å². The minimum Gasteiger partial charge on any atom is -0.489 e. The lowest BCUT2D eigenvalue weighted by molar-refractivity contribution is -0.384. The second-order valence-corrected chi connectivity index (χ2v) is 19.7. The number of carbonyl (C=O) groups is 1. The summed E-state index contributed by atoms with van der Waals surface area (Å²) in [7, 11) is -4.67. The number of fused-ring (bicyclic) bond motifs is 2. The minimum absolute atomic E-state index is 0.0283. The Hall–Kier alpha value is -5.72. The molecule has 9 rings (SSSR count). The van der Waals surface area contributed by atoms with Crippen LogP contribution in [0.3, 0.4) is 0 Å². The van der Waals surface area contributed by atoms with Gasteiger partial charge in [0.25, 0.3) is 21.6 Å². The first-order valence-electron chi connectivity index (χ1n) is 21.0. The predicted molar refractivity (Wildman–Crippen MR) is 240 cm³/mol. The molecule has 1 amide bonds. The number of aliphatic hydroxyl groups is 1. The van der Waals surface area contributed by atoms with Crippen molar-refractivity contribution in [3.63, 3.8) is 0 Å². The summed E-state index contributed by atoms with van der Waals surface area (Å²) in [5.41, 5.74) is 5.20. The fourth-order valence-corrected chi connectivity index (χ4v) is 10.0. The number of amides is 1. The van der Waals surface area contributed by atoms with E-state index in [-0.39, 0.29) is 40.8 Å². The molecule has 3 aliphatic heterocycles. The maximum absolute atomic E-state index is 14.0. The number of nitrogens with one attached hydrogen (secondary N) is 3. The van der Waals surface area contributed by atoms with Gasteiger partial charge in [-0.25, -0.2) is 18.1 Å². The number of aromatic nitrogens is 2. The van der Waals surface area contributed by atoms with Crippen molar-refractivity contribution in [3.8, 4) is 17.2 Å². The van der Waals surface area contributed by atoms with Crippen LogP contribution in [0.5, 0.6) is 17.2 Å². The molecule has 4 N–H and O–H groups in total. The van der Waals surface area contributed by atoms with Gasteiger partial charge in [0.1, 0.15) is 23.8 Å². The van der Waals surface area contributed by atoms with Crippen LogP contribution < -0.4 is 24.4 Å². The molecule has 0 spiro atoms. The maximum atomic E-state index is 14.0. The van der Waals surface area contributed by atoms with Gasteiger partial charge in [-0.15, -0.1) is 0 Å². The zero-order valence-electron chi connectivity index (χ0n) is 35.0. The van der Waals surface area contributed by atoms with Crippen molar-refractivity contribution in [2.75, 3.05) is 69.2 Å². The van der Waals surface area contributed by atoms with E-state index in [0.717, 1.165) is 67.1 Å². The molecule has 3 aromatic carbocycles. The fourth-order valence-electron chi connectivity index (χ4n) is 8.89. The minimum atomic E-state index is -4.67. The number of rotatable bonds is 12. The molecule has 0 radical (unpaired) electrons. The number of nitro benzene ring substituents is 1. The molecule has 330 valence electrons. The topological polar surface area (TPSA) is 195 Å². The van der Waals surface area contributed by atoms with Crippen molar-refractivity contribution in [2.24, 2.45) is 5.41 Å². The second kappa shape index (κ2) is 17.1. The zero-order chi connectivity index (χ0) is 44.0. The number of H-pyrrole nitrogens is 1. The normalized spacial score (nSPS) is 19.5. The Labute approximate surface area is 370 Å². The lowest BCUT2D eigenvalue weighted by atomic mass is 9.72. The lowest BCUT2D eigenvalue weighted by Gasteiger charge is -2.39. The van der Waals surface area contributed by atoms with Crippen molar-refractivity contribution in [3.05, 3.63) is 111 Å². The van der Waals surface area contributed by atoms with Gasteiger partial charge >= 0.3 is 0 Å². The Morgan fingerprint density at radius 2 is 1.84 bits per heavy atom. The second-order valence-electron chi connectivity index (χ2n) is 17.6. The highest BCUT2D eigenvalue weighted by Crippen LogP contribution is 2.44. The van der Waals surface area contributed by atoms with Gasteiger partial charge in [-0.05, 0) is 72.2 Å². The quantitative estimate of drug-likeness (QED) is 0.0767. The molecule has 2 fully saturated rings. The number of hydrogen-bond donors (Lipinski definition) is 4. The van der Waals surface area contributed by atoms with Crippen LogP contribution in [0, 0.1) is 15.5 Å². The van der Waals surface area contributed by atoms with E-state index in [4.69, 9.17) is 21.1 Å². The van der Waals surface area contributed by atoms with Gasteiger partial charge < -0.3 is 29.8 Å². The first-order valence-corrected chi connectivity index (χ1v) is 22.9. The average Bonchev–Trinajstić information content (AvgIpc) is 3.72. The summed E-state index contributed by atoms with van der Waals surface area (Å²) in [5.74, 6) is -0.584. The number of halogens is 1. The molecule has 5 heterocycles. The number of β-amino-alcohol motifs (C(OH)–C–C–N with tert-alkyl or cyclic N) is 1. The summed E-state index contributed by atoms with van der Waals surface area (Å²) >= 11 is 6.24. The van der Waals surface area contributed by atoms with Crippen LogP contribution in [0.15, 0.2) is 89.6 Å². The first-order chi connectivity index (χ1) is 30.2. The average molecular weight is 897 g/mol. The number of carbonyl (C=O) groups excluding carboxylic acids is 1. The molecule has 16 nitrogen and oxygen atoms in total. The SMILES string of the molecule is CC1(C)CCC(CN2CCN(c3ccc(C(=O)NS(=O)(=O)c4cc5c(c([N+](=O)[O-])c4)N[C@@H](CN4CC(O)C4)CO5)c(Oc4cnc5[nH]ccc5c4)c3)CC2)=C(c2ccc(Cl)cc2)C1. The summed E-state index contributed by atoms with van der Waals surface area (Å²) in [5, 5.41) is 26.5. The van der Waals surface area contributed by atoms with E-state index in [1.54, 1.807) is 24.4 Å². The molecule has 0 saturated carbocycles. The van der Waals surface area contributed by atoms with Crippen LogP contribution in [-0.2, 0) is 10.0 Å². The number of nitrogens with zero attached hydrogens (tertiary/aromatic N) is 5. The number of aliphatic hydroxyl groups excluding tert-OH is 1. The van der Waals surface area contributed by atoms with Crippen LogP contribution >= 0.6 is 11.6 Å². The smallest absolute Gasteiger partial charge is 0.297 e. The standard InChI is InChI=1S/C45H49ClN8O8S/c1-45(2)11-9-30(38(21-45)28-3-5-31(46)6-4-28)23-51-13-15-53(16-14-51)33-7-8-37(40(18-33)62-35-17-29-10-12-47-43(29)48-22-35)44(56)50-63(59,60)36-19-39(54(57)58)42-41(20-36)61-27-32(49-42)24-52-25-34(55)26-52/h3-8,10,12,17-20,22,32,34,49,55H,9,11,13-16,21,23-27H2,1-2H3,(H,47,48)(H,50,56)/t32-/m0/s1. The van der Waals surface area contributed by atoms with Crippen molar-refractivity contribution in [1.82, 2.24) is 24.5 Å². The predicted octanol–water partition coefficient (Wildman–Crippen LogP) is 6.67. The number of aromatic amines is 1. The van der Waals surface area contributed by atoms with Crippen molar-refractivity contribution < 1.29 is 32.7 Å². The Morgan fingerprint density at radius 1 is 1.06 bits per heavy atom. The maximum Gasteiger partial charge on any atom is 0.297 e. The summed E-state index contributed by atoms with van der Waals surface area (Å²) in [6.07, 6.45) is 6.02. The zero-order valence-corrected chi connectivity index (χ0v) is 36.5. The van der Waals surface area contributed by atoms with E-state index in [1.807, 2.05) is 23.1 Å². The first kappa shape index (κ1) is 42.6. The van der Waals surface area contributed by atoms with Gasteiger partial charge in [0.2, 0.25) is 0 Å². The Balaban J connectivity index is 0.940. The number of allylic oxidation sites excluding steroid dienone is 1. The molecule has 18 heteroatoms. The molecule has 2 aromatic heterocycles. The van der Waals surface area contributed by atoms with Gasteiger partial charge in [0.05, 0.1) is 33.7 Å². The molecular weight excluding hydrogens is 848 g/mol. The highest BCUT2D eigenvalue weighted by atomic mass is 35.5. The van der Waals surface area contributed by atoms with Gasteiger partial charge in [0.15, 0.2) is 11.4 Å². The number of piperazine rings is 1. The third kappa shape index (κ3) is 9.33. The third-order valence-corrected chi connectivity index (χ3v) is 13.9. The molecule has 63 heavy (non-hydrogen) atoms. The fraction of sp³-hybridized carbons (Fsp3) is 0.378. The molecule has 2 saturated heterocycles. The number of anilines is 2. The number of hydrogen-bond acceptors (Lipinski definition) is 13. The Morgan fingerprint density at radius 3 is 2.59 bits per heavy atom. The highest BCUT2D eigenvalue weighted by molar-refractivity contribution is 7.90. The summed E-state index contributed by atoms with van der Waals surface area (Å²) < 4.78 is 42.0. The van der Waals surface area contributed by atoms with Gasteiger partial charge in [-0.1, -0.05) is 43.2 Å². The Bertz CT molecular complexity index is 2710. The van der Waals surface area contributed by atoms with Crippen LogP contribution in [0.1, 0.15) is 49.0 Å². The van der Waals surface area contributed by atoms with Crippen LogP contribution in [0.4, 0.5) is 17.1 Å². The number of nitro groups is 1. The van der Waals surface area contributed by atoms with Crippen LogP contribution in [0.2, 0.25) is 5.02 Å². The van der Waals surface area contributed by atoms with E-state index in [0.29, 0.717) is 44.1 Å². The molecule has 4 aliphatic rings. The van der Waals surface area contributed by atoms with E-state index < -0.39 is 37.5 Å². The monoisotopic (exact) mass is 896 g/mol. The number of benzene rings is 3. The number of likely N-dealkylation sites (tertiary alicyclic amines) is 1. The van der Waals surface area contributed by atoms with Crippen molar-refractivity contribution in [1.29, 1.82) is 0 Å². The summed E-state index contributed by atoms with van der Waals surface area (Å²) in [6.45, 7) is 10.1. The lowest BCUT2D eigenvalue weighted by Crippen LogP contribution is -2.55. The van der Waals surface area contributed by atoms with E-state index in [2.05, 4.69) is 55.8 Å². The van der Waals surface area contributed by atoms with Crippen LogP contribution in [-0.4, -0.2) is 115 Å². The number of ether oxygens (including phenoxy) is 2. The third-order valence-electron chi connectivity index (χ3n) is 12.3. The number of pyridine rings is 1. The molecule has 1 atom stereocenters. The molecule has 0 unspecified atom stereocenters. The Kier molecular flexibility index (Phi) is 11.6. The van der Waals surface area contributed by atoms with Crippen molar-refractivity contribution in [2.45, 2.75) is 50.2 Å². The molecule has 5 aromatic rings. The highest BCUT2D eigenvalue weighted by Gasteiger charge is 2.35. The number of sulfonamides is 1. The summed E-state index contributed by atoms with van der Waals surface area (Å²) in [6, 6.07) is 18.5. The summed E-state index contributed by atoms with van der Waals surface area (Å²) in [4.78, 5) is 39.2. The van der Waals surface area contributed by atoms with E-state index in [9.17, 15) is 28.4 Å². The van der Waals surface area contributed by atoms with Crippen LogP contribution in [0.25, 0.3) is 16.6 Å². The molecular formula is C45H49ClN8O8S. The molecule has 0 bridgehead atoms. The van der Waals surface area contributed by atoms with Gasteiger partial charge in [0, 0.05) is 92.9 Å². The van der Waals surface area contributed by atoms with Crippen molar-refractivity contribution >= 4 is 61.2 Å². The largest absolute Gasteiger partial charge is 0.489 e.